The molecule has 0 fully saturated rings. The van der Waals surface area contributed by atoms with Gasteiger partial charge in [-0.2, -0.15) is 14.6 Å². The molecule has 0 saturated carbocycles. The van der Waals surface area contributed by atoms with Gasteiger partial charge in [0, 0.05) is 35.3 Å². The fourth-order valence-corrected chi connectivity index (χ4v) is 3.82. The summed E-state index contributed by atoms with van der Waals surface area (Å²) in [6.07, 6.45) is 6.84. The van der Waals surface area contributed by atoms with Crippen LogP contribution in [0.5, 0.6) is 0 Å². The van der Waals surface area contributed by atoms with Crippen LogP contribution in [-0.2, 0) is 0 Å². The molecule has 5 rings (SSSR count). The van der Waals surface area contributed by atoms with Crippen LogP contribution in [0, 0.1) is 0 Å². The van der Waals surface area contributed by atoms with Crippen LogP contribution in [0.15, 0.2) is 58.6 Å². The lowest BCUT2D eigenvalue weighted by Crippen LogP contribution is -2.16. The van der Waals surface area contributed by atoms with Crippen LogP contribution in [-0.4, -0.2) is 25.8 Å². The molecule has 0 amide bonds. The molecular formula is C19H12N6OS. The zero-order chi connectivity index (χ0) is 18.4. The molecule has 3 aromatic heterocycles. The Bertz CT molecular complexity index is 1300. The molecule has 130 valence electrons. The molecular weight excluding hydrogens is 360 g/mol. The Hall–Kier alpha value is -3.65. The van der Waals surface area contributed by atoms with Crippen LogP contribution in [0.25, 0.3) is 27.2 Å². The molecule has 1 aliphatic rings. The molecule has 8 heteroatoms. The summed E-state index contributed by atoms with van der Waals surface area (Å²) in [5, 5.41) is 5.20. The summed E-state index contributed by atoms with van der Waals surface area (Å²) in [5.74, 6) is 0.252. The highest BCUT2D eigenvalue weighted by Gasteiger charge is 2.17. The second-order valence-electron chi connectivity index (χ2n) is 5.93. The largest absolute Gasteiger partial charge is 0.383 e. The minimum absolute atomic E-state index is 0.252. The summed E-state index contributed by atoms with van der Waals surface area (Å²) in [4.78, 5) is 25.6. The molecule has 4 aromatic rings. The van der Waals surface area contributed by atoms with E-state index in [0.717, 1.165) is 22.4 Å². The highest BCUT2D eigenvalue weighted by atomic mass is 32.1. The summed E-state index contributed by atoms with van der Waals surface area (Å²) in [5.41, 5.74) is 9.66. The molecule has 0 saturated heterocycles. The summed E-state index contributed by atoms with van der Waals surface area (Å²) in [6.45, 7) is 0. The molecule has 0 aliphatic carbocycles. The molecule has 2 N–H and O–H groups in total. The van der Waals surface area contributed by atoms with Crippen molar-refractivity contribution >= 4 is 45.7 Å². The predicted octanol–water partition coefficient (Wildman–Crippen LogP) is 3.05. The quantitative estimate of drug-likeness (QED) is 0.583. The number of fused-ring (bicyclic) bond motifs is 2. The number of pyridine rings is 1. The van der Waals surface area contributed by atoms with Gasteiger partial charge in [-0.25, -0.2) is 0 Å². The van der Waals surface area contributed by atoms with E-state index in [1.165, 1.54) is 15.9 Å². The third-order valence-electron chi connectivity index (χ3n) is 4.26. The van der Waals surface area contributed by atoms with E-state index in [1.807, 2.05) is 36.4 Å². The van der Waals surface area contributed by atoms with Crippen LogP contribution in [0.1, 0.15) is 11.1 Å². The Morgan fingerprint density at radius 3 is 2.89 bits per heavy atom. The van der Waals surface area contributed by atoms with Crippen LogP contribution in [0.4, 0.5) is 11.5 Å². The zero-order valence-corrected chi connectivity index (χ0v) is 14.7. The van der Waals surface area contributed by atoms with E-state index >= 15 is 0 Å². The van der Waals surface area contributed by atoms with Gasteiger partial charge < -0.3 is 5.73 Å². The minimum Gasteiger partial charge on any atom is -0.383 e. The van der Waals surface area contributed by atoms with Gasteiger partial charge in [0.2, 0.25) is 4.96 Å². The number of nitrogens with two attached hydrogens (primary N) is 1. The van der Waals surface area contributed by atoms with E-state index in [9.17, 15) is 4.79 Å². The van der Waals surface area contributed by atoms with Gasteiger partial charge in [-0.3, -0.25) is 14.8 Å². The third kappa shape index (κ3) is 2.54. The maximum absolute atomic E-state index is 12.6. The first-order chi connectivity index (χ1) is 13.2. The van der Waals surface area contributed by atoms with E-state index in [0.29, 0.717) is 15.5 Å². The summed E-state index contributed by atoms with van der Waals surface area (Å²) < 4.78 is 1.50. The fourth-order valence-electron chi connectivity index (χ4n) is 2.93. The molecule has 0 radical (unpaired) electrons. The number of rotatable bonds is 2. The molecule has 7 nitrogen and oxygen atoms in total. The number of allylic oxidation sites excluding steroid dienone is 1. The second-order valence-corrected chi connectivity index (χ2v) is 6.89. The van der Waals surface area contributed by atoms with E-state index < -0.39 is 0 Å². The van der Waals surface area contributed by atoms with E-state index in [4.69, 9.17) is 5.73 Å². The third-order valence-corrected chi connectivity index (χ3v) is 5.22. The average molecular weight is 372 g/mol. The van der Waals surface area contributed by atoms with Crippen LogP contribution < -0.4 is 11.3 Å². The molecule has 4 heterocycles. The monoisotopic (exact) mass is 372 g/mol. The number of nitrogens with zero attached hydrogens (tertiary/aromatic N) is 5. The second kappa shape index (κ2) is 5.96. The Morgan fingerprint density at radius 2 is 2.04 bits per heavy atom. The van der Waals surface area contributed by atoms with Gasteiger partial charge in [0.25, 0.3) is 5.56 Å². The van der Waals surface area contributed by atoms with E-state index in [1.54, 1.807) is 24.7 Å². The zero-order valence-electron chi connectivity index (χ0n) is 13.9. The highest BCUT2D eigenvalue weighted by Crippen LogP contribution is 2.32. The van der Waals surface area contributed by atoms with Gasteiger partial charge in [0.15, 0.2) is 0 Å². The summed E-state index contributed by atoms with van der Waals surface area (Å²) >= 11 is 1.29. The number of aromatic nitrogens is 4. The first-order valence-electron chi connectivity index (χ1n) is 8.15. The topological polar surface area (TPSA) is 98.5 Å². The van der Waals surface area contributed by atoms with Gasteiger partial charge in [0.05, 0.1) is 11.3 Å². The molecule has 0 atom stereocenters. The number of para-hydroxylation sites is 1. The molecule has 1 aromatic carbocycles. The lowest BCUT2D eigenvalue weighted by Gasteiger charge is -2.03. The molecule has 0 unspecified atom stereocenters. The van der Waals surface area contributed by atoms with Gasteiger partial charge in [0.1, 0.15) is 10.8 Å². The number of hydrogen-bond donors (Lipinski definition) is 1. The van der Waals surface area contributed by atoms with Gasteiger partial charge in [-0.15, -0.1) is 0 Å². The van der Waals surface area contributed by atoms with Crippen molar-refractivity contribution in [2.45, 2.75) is 0 Å². The molecule has 0 spiro atoms. The first kappa shape index (κ1) is 15.6. The Kier molecular flexibility index (Phi) is 3.44. The number of benzene rings is 1. The Morgan fingerprint density at radius 1 is 1.15 bits per heavy atom. The smallest absolute Gasteiger partial charge is 0.283 e. The summed E-state index contributed by atoms with van der Waals surface area (Å²) in [6, 6.07) is 11.5. The van der Waals surface area contributed by atoms with Crippen LogP contribution >= 0.6 is 11.3 Å². The lowest BCUT2D eigenvalue weighted by atomic mass is 10.1. The van der Waals surface area contributed by atoms with Crippen molar-refractivity contribution in [1.29, 1.82) is 0 Å². The Balaban J connectivity index is 1.67. The normalized spacial score (nSPS) is 14.1. The van der Waals surface area contributed by atoms with Gasteiger partial charge in [-0.05, 0) is 24.3 Å². The number of hydrogen-bond acceptors (Lipinski definition) is 7. The van der Waals surface area contributed by atoms with Crippen molar-refractivity contribution in [2.24, 2.45) is 4.99 Å². The van der Waals surface area contributed by atoms with Crippen LogP contribution in [0.2, 0.25) is 0 Å². The van der Waals surface area contributed by atoms with Gasteiger partial charge in [-0.1, -0.05) is 29.5 Å². The summed E-state index contributed by atoms with van der Waals surface area (Å²) in [7, 11) is 0. The maximum Gasteiger partial charge on any atom is 0.283 e. The average Bonchev–Trinajstić information content (AvgIpc) is 3.30. The van der Waals surface area contributed by atoms with Crippen molar-refractivity contribution in [1.82, 2.24) is 19.6 Å². The number of aliphatic imine (C=N–C) groups is 1. The van der Waals surface area contributed by atoms with E-state index in [2.05, 4.69) is 20.1 Å². The molecule has 27 heavy (non-hydrogen) atoms. The van der Waals surface area contributed by atoms with Crippen molar-refractivity contribution in [3.8, 4) is 10.6 Å². The fraction of sp³-hybridized carbons (Fsp3) is 0. The minimum atomic E-state index is -0.390. The number of nitrogen functional groups attached to an aromatic ring is 1. The number of anilines is 1. The van der Waals surface area contributed by atoms with Crippen molar-refractivity contribution in [3.05, 3.63) is 70.3 Å². The maximum atomic E-state index is 12.6. The SMILES string of the molecule is Nc1c(C=C2C=Nc3ccccc32)c(=O)nc2sc(-c3cccnc3)nn12. The highest BCUT2D eigenvalue weighted by molar-refractivity contribution is 7.19. The lowest BCUT2D eigenvalue weighted by molar-refractivity contribution is 0.944. The van der Waals surface area contributed by atoms with Crippen molar-refractivity contribution < 1.29 is 0 Å². The Labute approximate surface area is 157 Å². The van der Waals surface area contributed by atoms with E-state index in [-0.39, 0.29) is 11.4 Å². The predicted molar refractivity (Wildman–Crippen MR) is 107 cm³/mol. The standard InChI is InChI=1S/C19H12N6OS/c20-16-14(8-12-10-22-15-6-2-1-5-13(12)15)17(26)23-19-25(16)24-18(27-19)11-4-3-7-21-9-11/h1-10H,20H2. The van der Waals surface area contributed by atoms with Crippen LogP contribution in [0.3, 0.4) is 0 Å². The first-order valence-corrected chi connectivity index (χ1v) is 8.97. The van der Waals surface area contributed by atoms with Crippen molar-refractivity contribution in [2.75, 3.05) is 5.73 Å². The van der Waals surface area contributed by atoms with Crippen molar-refractivity contribution in [3.63, 3.8) is 0 Å². The van der Waals surface area contributed by atoms with Gasteiger partial charge >= 0.3 is 0 Å². The molecule has 0 bridgehead atoms. The molecule has 1 aliphatic heterocycles.